The zero-order chi connectivity index (χ0) is 50.8. The molecule has 2 aliphatic heterocycles. The summed E-state index contributed by atoms with van der Waals surface area (Å²) in [5.41, 5.74) is 5.40. The van der Waals surface area contributed by atoms with Crippen LogP contribution in [0.5, 0.6) is 0 Å². The summed E-state index contributed by atoms with van der Waals surface area (Å²) in [5.74, 6) is 0. The van der Waals surface area contributed by atoms with Crippen LogP contribution in [0.15, 0.2) is 224 Å². The van der Waals surface area contributed by atoms with Crippen molar-refractivity contribution >= 4 is 32.2 Å². The quantitative estimate of drug-likeness (QED) is 0.0336. The minimum absolute atomic E-state index is 0.129. The van der Waals surface area contributed by atoms with Crippen LogP contribution in [0.1, 0.15) is 27.8 Å². The zero-order valence-electron chi connectivity index (χ0n) is 41.5. The monoisotopic (exact) mass is 1080 g/mol. The molecule has 2 saturated heterocycles. The summed E-state index contributed by atoms with van der Waals surface area (Å²) in [6.07, 6.45) is -5.69. The van der Waals surface area contributed by atoms with E-state index in [1.807, 2.05) is 200 Å². The van der Waals surface area contributed by atoms with Crippen LogP contribution in [0.4, 0.5) is 0 Å². The predicted octanol–water partition coefficient (Wildman–Crippen LogP) is 9.72. The van der Waals surface area contributed by atoms with E-state index in [2.05, 4.69) is 23.8 Å². The fraction of sp³-hybridized carbons (Fsp3) is 0.279. The molecule has 0 saturated carbocycles. The van der Waals surface area contributed by atoms with E-state index in [9.17, 15) is 0 Å². The molecule has 74 heavy (non-hydrogen) atoms. The normalized spacial score (nSPS) is 23.7. The SMILES string of the molecule is C=C1[C@@H](COCc2ccccc2)O[C@@H](OC)[C@H](OCc2ccccc2)[C@H]1OP(=O)(N[C@@H]1[C@@H](OCc2ccccc2)[C@@H](OCc2ccccc2)[C@@H](COCc2ccccc2)O[C@@H]1[Se]c1ccccc1)c1ccccc1. The number of benzene rings is 7. The molecule has 11 nitrogen and oxygen atoms in total. The van der Waals surface area contributed by atoms with Crippen LogP contribution < -0.4 is 14.9 Å². The van der Waals surface area contributed by atoms with Gasteiger partial charge in [-0.1, -0.05) is 36.4 Å². The molecule has 1 N–H and O–H groups in total. The third-order valence-electron chi connectivity index (χ3n) is 12.8. The van der Waals surface area contributed by atoms with Crippen molar-refractivity contribution in [3.63, 3.8) is 0 Å². The van der Waals surface area contributed by atoms with Gasteiger partial charge < -0.3 is 0 Å². The number of hydrogen-bond donors (Lipinski definition) is 1. The van der Waals surface area contributed by atoms with Crippen LogP contribution in [-0.4, -0.2) is 89.2 Å². The van der Waals surface area contributed by atoms with E-state index >= 15 is 4.57 Å². The molecule has 7 aromatic carbocycles. The van der Waals surface area contributed by atoms with Gasteiger partial charge in [-0.2, -0.15) is 0 Å². The number of methoxy groups -OCH3 is 1. The van der Waals surface area contributed by atoms with Crippen LogP contribution >= 0.6 is 7.52 Å². The van der Waals surface area contributed by atoms with Gasteiger partial charge in [0.15, 0.2) is 0 Å². The van der Waals surface area contributed by atoms with E-state index in [1.165, 1.54) is 0 Å². The van der Waals surface area contributed by atoms with E-state index in [-0.39, 0.29) is 48.0 Å². The van der Waals surface area contributed by atoms with E-state index in [1.54, 1.807) is 7.11 Å². The molecule has 10 atom stereocenters. The molecule has 0 radical (unpaired) electrons. The van der Waals surface area contributed by atoms with Crippen molar-refractivity contribution in [1.29, 1.82) is 0 Å². The van der Waals surface area contributed by atoms with Gasteiger partial charge in [-0.3, -0.25) is 0 Å². The topological polar surface area (TPSA) is 112 Å². The molecule has 2 fully saturated rings. The maximum absolute atomic E-state index is 16.8. The van der Waals surface area contributed by atoms with Gasteiger partial charge >= 0.3 is 408 Å². The molecule has 9 rings (SSSR count). The van der Waals surface area contributed by atoms with Crippen molar-refractivity contribution < 1.29 is 47.0 Å². The van der Waals surface area contributed by atoms with Gasteiger partial charge in [0, 0.05) is 0 Å². The Hall–Kier alpha value is -5.37. The van der Waals surface area contributed by atoms with Crippen LogP contribution in [0.2, 0.25) is 0 Å². The van der Waals surface area contributed by atoms with Gasteiger partial charge in [0.1, 0.15) is 0 Å². The second-order valence-electron chi connectivity index (χ2n) is 18.1. The number of nitrogens with one attached hydrogen (secondary N) is 1. The molecule has 0 bridgehead atoms. The van der Waals surface area contributed by atoms with E-state index in [0.717, 1.165) is 32.3 Å². The second kappa shape index (κ2) is 27.4. The van der Waals surface area contributed by atoms with Crippen LogP contribution in [0.25, 0.3) is 0 Å². The van der Waals surface area contributed by atoms with Crippen molar-refractivity contribution in [3.8, 4) is 0 Å². The van der Waals surface area contributed by atoms with Crippen molar-refractivity contribution in [2.45, 2.75) is 87.0 Å². The molecule has 0 spiro atoms. The summed E-state index contributed by atoms with van der Waals surface area (Å²) < 4.78 is 78.8. The Morgan fingerprint density at radius 3 is 1.42 bits per heavy atom. The number of rotatable bonds is 25. The Bertz CT molecular complexity index is 2770. The summed E-state index contributed by atoms with van der Waals surface area (Å²) in [5, 5.41) is 3.52. The van der Waals surface area contributed by atoms with Gasteiger partial charge in [0.25, 0.3) is 0 Å². The van der Waals surface area contributed by atoms with Crippen molar-refractivity contribution in [2.75, 3.05) is 20.3 Å². The van der Waals surface area contributed by atoms with E-state index < -0.39 is 61.5 Å². The Kier molecular flexibility index (Phi) is 19.8. The molecule has 0 aliphatic carbocycles. The molecular weight excluding hydrogens is 1020 g/mol. The summed E-state index contributed by atoms with van der Waals surface area (Å²) in [6.45, 7) is 6.33. The molecule has 1 unspecified atom stereocenters. The van der Waals surface area contributed by atoms with Crippen molar-refractivity contribution in [2.24, 2.45) is 0 Å². The molecule has 13 heteroatoms. The van der Waals surface area contributed by atoms with Gasteiger partial charge in [-0.25, -0.2) is 0 Å². The molecular formula is C61H64NO10PSe. The first-order chi connectivity index (χ1) is 36.4. The Labute approximate surface area is 441 Å². The Morgan fingerprint density at radius 1 is 0.514 bits per heavy atom. The third kappa shape index (κ3) is 14.7. The summed E-state index contributed by atoms with van der Waals surface area (Å²) >= 11 is -0.372. The first-order valence-electron chi connectivity index (χ1n) is 25.0. The fourth-order valence-electron chi connectivity index (χ4n) is 8.97. The molecule has 384 valence electrons. The Balaban J connectivity index is 1.11. The molecule has 0 amide bonds. The van der Waals surface area contributed by atoms with Crippen LogP contribution in [0.3, 0.4) is 0 Å². The second-order valence-corrected chi connectivity index (χ2v) is 22.7. The van der Waals surface area contributed by atoms with Crippen molar-refractivity contribution in [1.82, 2.24) is 5.09 Å². The van der Waals surface area contributed by atoms with Crippen molar-refractivity contribution in [3.05, 3.63) is 252 Å². The number of ether oxygens (including phenoxy) is 8. The third-order valence-corrected chi connectivity index (χ3v) is 17.4. The average molecular weight is 1080 g/mol. The van der Waals surface area contributed by atoms with Gasteiger partial charge in [0.2, 0.25) is 0 Å². The van der Waals surface area contributed by atoms with E-state index in [0.29, 0.717) is 24.1 Å². The zero-order valence-corrected chi connectivity index (χ0v) is 44.1. The van der Waals surface area contributed by atoms with E-state index in [4.69, 9.17) is 42.4 Å². The first kappa shape index (κ1) is 53.5. The average Bonchev–Trinajstić information content (AvgIpc) is 3.45. The maximum atomic E-state index is 16.8. The summed E-state index contributed by atoms with van der Waals surface area (Å²) in [6, 6.07) is 68.5. The molecule has 7 aromatic rings. The van der Waals surface area contributed by atoms with Gasteiger partial charge in [-0.05, 0) is 0 Å². The Morgan fingerprint density at radius 2 is 0.932 bits per heavy atom. The minimum atomic E-state index is -4.26. The van der Waals surface area contributed by atoms with Crippen LogP contribution in [-0.2, 0) is 80.0 Å². The standard InChI is InChI=1S/C61H64NO10PSe/c1-45-53(43-65-38-46-24-10-3-11-25-46)70-60(64-2)59(69-42-50-32-18-7-19-33-50)56(45)72-73(63,51-34-20-8-21-35-51)62-55-58(68-41-49-30-16-6-17-31-49)57(67-40-48-28-14-5-15-29-48)54(44-66-39-47-26-12-4-13-27-47)71-61(55)74-52-36-22-9-23-37-52/h3-37,53-61H,1,38-44H2,2H3,(H,62,63)/t53-,54-,55-,56+,57+,58-,59-,60-,61-,73?/m1/s1. The van der Waals surface area contributed by atoms with Gasteiger partial charge in [0.05, 0.1) is 0 Å². The fourth-order valence-corrected chi connectivity index (χ4v) is 13.8. The first-order valence-corrected chi connectivity index (χ1v) is 28.5. The molecule has 2 heterocycles. The summed E-state index contributed by atoms with van der Waals surface area (Å²) in [4.78, 5) is 0. The van der Waals surface area contributed by atoms with Gasteiger partial charge in [-0.15, -0.1) is 0 Å². The summed E-state index contributed by atoms with van der Waals surface area (Å²) in [7, 11) is -2.69. The predicted molar refractivity (Wildman–Crippen MR) is 288 cm³/mol. The molecule has 0 aromatic heterocycles. The number of hydrogen-bond acceptors (Lipinski definition) is 10. The van der Waals surface area contributed by atoms with Crippen LogP contribution in [0, 0.1) is 0 Å². The molecule has 2 aliphatic rings.